The molecule has 5 N–H and O–H groups in total. The number of nitrogens with two attached hydrogens (primary N) is 1. The molecule has 0 saturated carbocycles. The highest BCUT2D eigenvalue weighted by atomic mass is 16.5. The number of guanidine groups is 2. The third kappa shape index (κ3) is 4.85. The summed E-state index contributed by atoms with van der Waals surface area (Å²) in [7, 11) is 1.51. The summed E-state index contributed by atoms with van der Waals surface area (Å²) < 4.78 is 5.19. The van der Waals surface area contributed by atoms with Crippen LogP contribution < -0.4 is 26.4 Å². The van der Waals surface area contributed by atoms with Gasteiger partial charge < -0.3 is 21.1 Å². The first kappa shape index (κ1) is 18.9. The molecule has 0 bridgehead atoms. The van der Waals surface area contributed by atoms with Crippen LogP contribution in [-0.2, 0) is 9.59 Å². The van der Waals surface area contributed by atoms with Crippen LogP contribution in [0.5, 0.6) is 5.75 Å². The summed E-state index contributed by atoms with van der Waals surface area (Å²) in [4.78, 5) is 32.5. The van der Waals surface area contributed by atoms with Gasteiger partial charge in [-0.3, -0.25) is 14.9 Å². The lowest BCUT2D eigenvalue weighted by Crippen LogP contribution is -2.32. The number of anilines is 2. The van der Waals surface area contributed by atoms with Gasteiger partial charge in [0.1, 0.15) is 11.8 Å². The molecule has 1 heterocycles. The number of carbonyl (C=O) groups excluding carboxylic acids is 2. The molecule has 0 radical (unpaired) electrons. The van der Waals surface area contributed by atoms with Gasteiger partial charge in [-0.05, 0) is 24.3 Å². The van der Waals surface area contributed by atoms with Crippen LogP contribution in [0.3, 0.4) is 0 Å². The first-order chi connectivity index (χ1) is 13.5. The van der Waals surface area contributed by atoms with E-state index in [4.69, 9.17) is 10.5 Å². The van der Waals surface area contributed by atoms with E-state index in [9.17, 15) is 9.59 Å². The van der Waals surface area contributed by atoms with Crippen LogP contribution in [0.1, 0.15) is 6.42 Å². The average Bonchev–Trinajstić information content (AvgIpc) is 3.01. The van der Waals surface area contributed by atoms with Crippen molar-refractivity contribution in [2.75, 3.05) is 17.7 Å². The number of hydrogen-bond acceptors (Lipinski definition) is 5. The summed E-state index contributed by atoms with van der Waals surface area (Å²) in [5, 5.41) is 8.11. The van der Waals surface area contributed by atoms with Gasteiger partial charge in [-0.25, -0.2) is 4.99 Å². The summed E-state index contributed by atoms with van der Waals surface area (Å²) in [5.41, 5.74) is 7.10. The minimum absolute atomic E-state index is 0.0565. The van der Waals surface area contributed by atoms with Crippen molar-refractivity contribution in [2.45, 2.75) is 12.5 Å². The van der Waals surface area contributed by atoms with Crippen LogP contribution in [0, 0.1) is 0 Å². The van der Waals surface area contributed by atoms with Gasteiger partial charge in [-0.15, -0.1) is 0 Å². The van der Waals surface area contributed by atoms with Crippen molar-refractivity contribution >= 4 is 35.1 Å². The highest BCUT2D eigenvalue weighted by Gasteiger charge is 2.29. The summed E-state index contributed by atoms with van der Waals surface area (Å²) in [6.07, 6.45) is -0.130. The van der Waals surface area contributed by atoms with Gasteiger partial charge >= 0.3 is 0 Å². The molecule has 2 aromatic carbocycles. The second-order valence-corrected chi connectivity index (χ2v) is 5.90. The Kier molecular flexibility index (Phi) is 5.85. The molecule has 0 saturated heterocycles. The summed E-state index contributed by atoms with van der Waals surface area (Å²) in [6, 6.07) is 15.3. The molecule has 1 atom stereocenters. The van der Waals surface area contributed by atoms with Crippen molar-refractivity contribution < 1.29 is 14.3 Å². The molecule has 9 nitrogen and oxygen atoms in total. The maximum absolute atomic E-state index is 12.3. The molecule has 1 aliphatic rings. The highest BCUT2D eigenvalue weighted by Crippen LogP contribution is 2.23. The van der Waals surface area contributed by atoms with Crippen LogP contribution in [-0.4, -0.2) is 36.9 Å². The number of para-hydroxylation sites is 3. The van der Waals surface area contributed by atoms with Crippen LogP contribution in [0.2, 0.25) is 0 Å². The van der Waals surface area contributed by atoms with E-state index in [1.165, 1.54) is 7.11 Å². The van der Waals surface area contributed by atoms with E-state index in [0.717, 1.165) is 5.69 Å². The standard InChI is InChI=1S/C19H20N6O3/c1-28-15-10-6-5-9-13(15)22-16(26)11-14-17(27)24-19(23-14)25-18(20)21-12-7-3-2-4-8-12/h2-10,14H,11H2,1H3,(H,22,26)(H4,20,21,23,24,25,27)/t14-/m1/s1. The zero-order chi connectivity index (χ0) is 19.9. The molecule has 2 aromatic rings. The highest BCUT2D eigenvalue weighted by molar-refractivity contribution is 6.11. The zero-order valence-corrected chi connectivity index (χ0v) is 15.2. The molecule has 9 heteroatoms. The Balaban J connectivity index is 1.61. The fourth-order valence-corrected chi connectivity index (χ4v) is 2.56. The molecule has 1 aliphatic heterocycles. The Morgan fingerprint density at radius 3 is 2.64 bits per heavy atom. The number of methoxy groups -OCH3 is 1. The Hall–Kier alpha value is -3.88. The average molecular weight is 380 g/mol. The van der Waals surface area contributed by atoms with E-state index in [1.807, 2.05) is 30.3 Å². The van der Waals surface area contributed by atoms with Crippen LogP contribution in [0.25, 0.3) is 0 Å². The molecule has 28 heavy (non-hydrogen) atoms. The van der Waals surface area contributed by atoms with E-state index >= 15 is 0 Å². The second-order valence-electron chi connectivity index (χ2n) is 5.90. The van der Waals surface area contributed by atoms with Crippen molar-refractivity contribution in [1.29, 1.82) is 0 Å². The lowest BCUT2D eigenvalue weighted by molar-refractivity contribution is -0.123. The van der Waals surface area contributed by atoms with Gasteiger partial charge in [0.05, 0.1) is 19.2 Å². The number of aliphatic imine (C=N–C) groups is 2. The number of nitrogens with one attached hydrogen (secondary N) is 3. The number of amides is 2. The fraction of sp³-hybridized carbons (Fsp3) is 0.158. The van der Waals surface area contributed by atoms with E-state index in [-0.39, 0.29) is 24.2 Å². The molecule has 0 unspecified atom stereocenters. The van der Waals surface area contributed by atoms with Crippen molar-refractivity contribution in [2.24, 2.45) is 15.7 Å². The van der Waals surface area contributed by atoms with Crippen LogP contribution in [0.4, 0.5) is 11.4 Å². The Morgan fingerprint density at radius 2 is 1.89 bits per heavy atom. The zero-order valence-electron chi connectivity index (χ0n) is 15.2. The lowest BCUT2D eigenvalue weighted by Gasteiger charge is -2.10. The molecule has 2 amide bonds. The molecule has 144 valence electrons. The van der Waals surface area contributed by atoms with Crippen molar-refractivity contribution in [3.8, 4) is 5.75 Å². The minimum atomic E-state index is -0.877. The summed E-state index contributed by atoms with van der Waals surface area (Å²) in [6.45, 7) is 0. The van der Waals surface area contributed by atoms with Crippen molar-refractivity contribution in [1.82, 2.24) is 5.32 Å². The van der Waals surface area contributed by atoms with E-state index < -0.39 is 11.9 Å². The number of ether oxygens (including phenoxy) is 1. The number of benzene rings is 2. The quantitative estimate of drug-likeness (QED) is 0.459. The third-order valence-corrected chi connectivity index (χ3v) is 3.85. The first-order valence-electron chi connectivity index (χ1n) is 8.53. The summed E-state index contributed by atoms with van der Waals surface area (Å²) >= 11 is 0. The first-order valence-corrected chi connectivity index (χ1v) is 8.53. The van der Waals surface area contributed by atoms with Crippen LogP contribution in [0.15, 0.2) is 64.6 Å². The molecule has 0 aliphatic carbocycles. The topological polar surface area (TPSA) is 130 Å². The van der Waals surface area contributed by atoms with Gasteiger partial charge in [0.25, 0.3) is 5.91 Å². The predicted octanol–water partition coefficient (Wildman–Crippen LogP) is 1.30. The summed E-state index contributed by atoms with van der Waals surface area (Å²) in [5.74, 6) is -0.124. The van der Waals surface area contributed by atoms with Crippen molar-refractivity contribution in [3.05, 3.63) is 54.6 Å². The second kappa shape index (κ2) is 8.67. The van der Waals surface area contributed by atoms with Gasteiger partial charge in [0, 0.05) is 5.69 Å². The maximum atomic E-state index is 12.3. The molecular weight excluding hydrogens is 360 g/mol. The molecule has 0 fully saturated rings. The molecule has 3 rings (SSSR count). The van der Waals surface area contributed by atoms with E-state index in [0.29, 0.717) is 11.4 Å². The fourth-order valence-electron chi connectivity index (χ4n) is 2.56. The Labute approximate surface area is 161 Å². The lowest BCUT2D eigenvalue weighted by atomic mass is 10.2. The Morgan fingerprint density at radius 1 is 1.18 bits per heavy atom. The van der Waals surface area contributed by atoms with Gasteiger partial charge in [0.2, 0.25) is 17.8 Å². The normalized spacial score (nSPS) is 16.2. The number of hydrogen-bond donors (Lipinski definition) is 4. The third-order valence-electron chi connectivity index (χ3n) is 3.85. The maximum Gasteiger partial charge on any atom is 0.252 e. The molecular formula is C19H20N6O3. The predicted molar refractivity (Wildman–Crippen MR) is 107 cm³/mol. The van der Waals surface area contributed by atoms with Gasteiger partial charge in [-0.2, -0.15) is 4.99 Å². The number of carbonyl (C=O) groups is 2. The smallest absolute Gasteiger partial charge is 0.252 e. The van der Waals surface area contributed by atoms with Crippen LogP contribution >= 0.6 is 0 Å². The van der Waals surface area contributed by atoms with E-state index in [1.54, 1.807) is 24.3 Å². The minimum Gasteiger partial charge on any atom is -0.495 e. The largest absolute Gasteiger partial charge is 0.495 e. The molecule has 0 aromatic heterocycles. The SMILES string of the molecule is COc1ccccc1NC(=O)C[C@H]1N=C(N=C(N)Nc2ccccc2)NC1=O. The monoisotopic (exact) mass is 380 g/mol. The van der Waals surface area contributed by atoms with E-state index in [2.05, 4.69) is 25.9 Å². The van der Waals surface area contributed by atoms with Gasteiger partial charge in [0.15, 0.2) is 0 Å². The van der Waals surface area contributed by atoms with Gasteiger partial charge in [-0.1, -0.05) is 30.3 Å². The number of nitrogens with zero attached hydrogens (tertiary/aromatic N) is 2. The Bertz CT molecular complexity index is 926. The molecule has 0 spiro atoms. The van der Waals surface area contributed by atoms with Crippen molar-refractivity contribution in [3.63, 3.8) is 0 Å². The number of rotatable bonds is 5.